The lowest BCUT2D eigenvalue weighted by atomic mass is 10.1. The fourth-order valence-electron chi connectivity index (χ4n) is 2.41. The number of hydrogen-bond donors (Lipinski definition) is 0. The van der Waals surface area contributed by atoms with Crippen LogP contribution in [0.15, 0.2) is 18.2 Å². The number of rotatable bonds is 4. The van der Waals surface area contributed by atoms with Crippen molar-refractivity contribution in [3.63, 3.8) is 0 Å². The Balaban J connectivity index is 2.69. The first-order valence-corrected chi connectivity index (χ1v) is 7.91. The summed E-state index contributed by atoms with van der Waals surface area (Å²) in [6.45, 7) is 6.43. The summed E-state index contributed by atoms with van der Waals surface area (Å²) in [7, 11) is 0. The van der Waals surface area contributed by atoms with Gasteiger partial charge >= 0.3 is 0 Å². The van der Waals surface area contributed by atoms with E-state index in [0.717, 1.165) is 24.2 Å². The molecule has 0 amide bonds. The third-order valence-electron chi connectivity index (χ3n) is 3.34. The normalized spacial score (nSPS) is 13.4. The SMILES string of the molecule is CCC(CC)n1c(C(C)Cl)nc2cc(I)ccc21. The molecule has 18 heavy (non-hydrogen) atoms. The van der Waals surface area contributed by atoms with Crippen LogP contribution in [0.25, 0.3) is 11.0 Å². The molecule has 0 saturated heterocycles. The number of fused-ring (bicyclic) bond motifs is 1. The van der Waals surface area contributed by atoms with E-state index in [2.05, 4.69) is 59.2 Å². The molecular weight excluding hydrogens is 359 g/mol. The number of halogens is 2. The van der Waals surface area contributed by atoms with E-state index in [-0.39, 0.29) is 5.38 Å². The monoisotopic (exact) mass is 376 g/mol. The van der Waals surface area contributed by atoms with E-state index >= 15 is 0 Å². The highest BCUT2D eigenvalue weighted by molar-refractivity contribution is 14.1. The summed E-state index contributed by atoms with van der Waals surface area (Å²) in [6.07, 6.45) is 2.20. The van der Waals surface area contributed by atoms with Gasteiger partial charge in [0.15, 0.2) is 0 Å². The lowest BCUT2D eigenvalue weighted by molar-refractivity contribution is 0.466. The van der Waals surface area contributed by atoms with Gasteiger partial charge < -0.3 is 4.57 Å². The summed E-state index contributed by atoms with van der Waals surface area (Å²) in [6, 6.07) is 6.89. The number of alkyl halides is 1. The zero-order valence-electron chi connectivity index (χ0n) is 11.0. The van der Waals surface area contributed by atoms with Crippen LogP contribution in [0.5, 0.6) is 0 Å². The standard InChI is InChI=1S/C14H18ClIN2/c1-4-11(5-2)18-13-7-6-10(16)8-12(13)17-14(18)9(3)15/h6-9,11H,4-5H2,1-3H3. The second kappa shape index (κ2) is 5.78. The molecule has 0 aliphatic carbocycles. The maximum absolute atomic E-state index is 6.29. The summed E-state index contributed by atoms with van der Waals surface area (Å²) in [5, 5.41) is -0.0596. The molecule has 98 valence electrons. The van der Waals surface area contributed by atoms with E-state index in [1.54, 1.807) is 0 Å². The first-order valence-electron chi connectivity index (χ1n) is 6.39. The topological polar surface area (TPSA) is 17.8 Å². The van der Waals surface area contributed by atoms with Gasteiger partial charge in [0.2, 0.25) is 0 Å². The Morgan fingerprint density at radius 2 is 2.00 bits per heavy atom. The second-order valence-electron chi connectivity index (χ2n) is 4.56. The Kier molecular flexibility index (Phi) is 4.54. The third kappa shape index (κ3) is 2.52. The number of imidazole rings is 1. The summed E-state index contributed by atoms with van der Waals surface area (Å²) < 4.78 is 3.53. The number of aromatic nitrogens is 2. The van der Waals surface area contributed by atoms with E-state index in [1.807, 2.05) is 6.92 Å². The predicted octanol–water partition coefficient (Wildman–Crippen LogP) is 5.30. The largest absolute Gasteiger partial charge is 0.324 e. The maximum atomic E-state index is 6.29. The van der Waals surface area contributed by atoms with Gasteiger partial charge in [0.25, 0.3) is 0 Å². The zero-order valence-corrected chi connectivity index (χ0v) is 13.9. The van der Waals surface area contributed by atoms with Crippen molar-refractivity contribution in [1.82, 2.24) is 9.55 Å². The quantitative estimate of drug-likeness (QED) is 0.523. The number of hydrogen-bond acceptors (Lipinski definition) is 1. The first kappa shape index (κ1) is 14.1. The van der Waals surface area contributed by atoms with Crippen LogP contribution in [0, 0.1) is 3.57 Å². The molecule has 0 saturated carbocycles. The van der Waals surface area contributed by atoms with Crippen molar-refractivity contribution < 1.29 is 0 Å². The van der Waals surface area contributed by atoms with Gasteiger partial charge in [0.1, 0.15) is 5.82 Å². The molecule has 4 heteroatoms. The molecule has 0 N–H and O–H groups in total. The fourth-order valence-corrected chi connectivity index (χ4v) is 3.04. The van der Waals surface area contributed by atoms with Gasteiger partial charge in [0.05, 0.1) is 16.4 Å². The molecule has 1 aromatic heterocycles. The van der Waals surface area contributed by atoms with Crippen LogP contribution in [-0.4, -0.2) is 9.55 Å². The van der Waals surface area contributed by atoms with Crippen LogP contribution in [0.2, 0.25) is 0 Å². The fraction of sp³-hybridized carbons (Fsp3) is 0.500. The van der Waals surface area contributed by atoms with E-state index < -0.39 is 0 Å². The van der Waals surface area contributed by atoms with E-state index in [9.17, 15) is 0 Å². The second-order valence-corrected chi connectivity index (χ2v) is 6.46. The first-order chi connectivity index (χ1) is 8.58. The minimum Gasteiger partial charge on any atom is -0.324 e. The Morgan fingerprint density at radius 3 is 2.56 bits per heavy atom. The molecule has 1 unspecified atom stereocenters. The number of benzene rings is 1. The smallest absolute Gasteiger partial charge is 0.127 e. The average molecular weight is 377 g/mol. The summed E-state index contributed by atoms with van der Waals surface area (Å²) >= 11 is 8.61. The highest BCUT2D eigenvalue weighted by Crippen LogP contribution is 2.31. The summed E-state index contributed by atoms with van der Waals surface area (Å²) in [4.78, 5) is 4.72. The van der Waals surface area contributed by atoms with Crippen LogP contribution in [0.3, 0.4) is 0 Å². The van der Waals surface area contributed by atoms with Crippen molar-refractivity contribution in [2.75, 3.05) is 0 Å². The zero-order chi connectivity index (χ0) is 13.3. The molecule has 0 bridgehead atoms. The third-order valence-corrected chi connectivity index (χ3v) is 4.21. The molecule has 1 heterocycles. The van der Waals surface area contributed by atoms with Crippen LogP contribution in [0.1, 0.15) is 50.9 Å². The molecule has 2 rings (SSSR count). The Hall–Kier alpha value is -0.290. The van der Waals surface area contributed by atoms with E-state index in [0.29, 0.717) is 6.04 Å². The van der Waals surface area contributed by atoms with Crippen molar-refractivity contribution in [1.29, 1.82) is 0 Å². The molecule has 0 aliphatic rings. The van der Waals surface area contributed by atoms with Crippen LogP contribution in [0.4, 0.5) is 0 Å². The molecular formula is C14H18ClIN2. The predicted molar refractivity (Wildman–Crippen MR) is 86.3 cm³/mol. The molecule has 0 fully saturated rings. The minimum absolute atomic E-state index is 0.0596. The Morgan fingerprint density at radius 1 is 1.33 bits per heavy atom. The summed E-state index contributed by atoms with van der Waals surface area (Å²) in [5.41, 5.74) is 2.25. The highest BCUT2D eigenvalue weighted by Gasteiger charge is 2.19. The van der Waals surface area contributed by atoms with E-state index in [4.69, 9.17) is 16.6 Å². The van der Waals surface area contributed by atoms with Crippen molar-refractivity contribution >= 4 is 45.2 Å². The lowest BCUT2D eigenvalue weighted by Crippen LogP contribution is -2.11. The average Bonchev–Trinajstić information content (AvgIpc) is 2.70. The van der Waals surface area contributed by atoms with Crippen molar-refractivity contribution in [3.05, 3.63) is 27.6 Å². The molecule has 1 aromatic carbocycles. The van der Waals surface area contributed by atoms with Crippen LogP contribution in [-0.2, 0) is 0 Å². The van der Waals surface area contributed by atoms with Gasteiger partial charge in [-0.1, -0.05) is 13.8 Å². The van der Waals surface area contributed by atoms with Gasteiger partial charge in [-0.25, -0.2) is 4.98 Å². The molecule has 0 radical (unpaired) electrons. The highest BCUT2D eigenvalue weighted by atomic mass is 127. The summed E-state index contributed by atoms with van der Waals surface area (Å²) in [5.74, 6) is 0.988. The van der Waals surface area contributed by atoms with Crippen molar-refractivity contribution in [2.45, 2.75) is 45.0 Å². The van der Waals surface area contributed by atoms with Gasteiger partial charge in [-0.15, -0.1) is 11.6 Å². The van der Waals surface area contributed by atoms with Crippen molar-refractivity contribution in [3.8, 4) is 0 Å². The lowest BCUT2D eigenvalue weighted by Gasteiger charge is -2.19. The van der Waals surface area contributed by atoms with Crippen LogP contribution >= 0.6 is 34.2 Å². The van der Waals surface area contributed by atoms with Gasteiger partial charge in [0, 0.05) is 9.61 Å². The van der Waals surface area contributed by atoms with Crippen molar-refractivity contribution in [2.24, 2.45) is 0 Å². The van der Waals surface area contributed by atoms with Gasteiger partial charge in [-0.05, 0) is 60.6 Å². The maximum Gasteiger partial charge on any atom is 0.127 e. The van der Waals surface area contributed by atoms with E-state index in [1.165, 1.54) is 9.09 Å². The Bertz CT molecular complexity index is 544. The Labute approximate surface area is 127 Å². The molecule has 0 spiro atoms. The molecule has 0 aliphatic heterocycles. The number of nitrogens with zero attached hydrogens (tertiary/aromatic N) is 2. The van der Waals surface area contributed by atoms with Gasteiger partial charge in [-0.3, -0.25) is 0 Å². The molecule has 2 aromatic rings. The van der Waals surface area contributed by atoms with Gasteiger partial charge in [-0.2, -0.15) is 0 Å². The minimum atomic E-state index is -0.0596. The van der Waals surface area contributed by atoms with Crippen LogP contribution < -0.4 is 0 Å². The molecule has 1 atom stereocenters. The molecule has 2 nitrogen and oxygen atoms in total.